The van der Waals surface area contributed by atoms with Crippen LogP contribution in [0, 0.1) is 11.8 Å². The van der Waals surface area contributed by atoms with Crippen molar-refractivity contribution in [3.8, 4) is 0 Å². The molecule has 5 atom stereocenters. The second-order valence-electron chi connectivity index (χ2n) is 5.53. The molecule has 4 nitrogen and oxygen atoms in total. The molecule has 1 saturated heterocycles. The third-order valence-electron chi connectivity index (χ3n) is 4.06. The van der Waals surface area contributed by atoms with Crippen LogP contribution in [0.2, 0.25) is 0 Å². The minimum absolute atomic E-state index is 0.130. The average molecular weight is 274 g/mol. The van der Waals surface area contributed by atoms with Crippen molar-refractivity contribution in [2.45, 2.75) is 65.0 Å². The molecule has 1 rings (SSSR count). The Bertz CT molecular complexity index is 234. The largest absolute Gasteiger partial charge is 0.359 e. The number of hydrogen-bond acceptors (Lipinski definition) is 4. The first-order chi connectivity index (χ1) is 9.15. The van der Waals surface area contributed by atoms with Crippen molar-refractivity contribution in [2.24, 2.45) is 11.8 Å². The lowest BCUT2D eigenvalue weighted by Crippen LogP contribution is -2.50. The van der Waals surface area contributed by atoms with Gasteiger partial charge in [-0.05, 0) is 6.42 Å². The van der Waals surface area contributed by atoms with Crippen molar-refractivity contribution in [1.29, 1.82) is 0 Å². The maximum atomic E-state index is 6.07. The molecule has 0 radical (unpaired) electrons. The Morgan fingerprint density at radius 3 is 2.37 bits per heavy atom. The first kappa shape index (κ1) is 16.9. The van der Waals surface area contributed by atoms with Gasteiger partial charge in [-0.15, -0.1) is 0 Å². The number of ether oxygens (including phenoxy) is 4. The summed E-state index contributed by atoms with van der Waals surface area (Å²) in [5, 5.41) is 0. The van der Waals surface area contributed by atoms with Crippen molar-refractivity contribution in [1.82, 2.24) is 0 Å². The molecular formula is C15H30O4. The lowest BCUT2D eigenvalue weighted by molar-refractivity contribution is -0.271. The summed E-state index contributed by atoms with van der Waals surface area (Å²) in [4.78, 5) is 0. The third-order valence-corrected chi connectivity index (χ3v) is 4.06. The summed E-state index contributed by atoms with van der Waals surface area (Å²) in [7, 11) is 3.36. The summed E-state index contributed by atoms with van der Waals surface area (Å²) in [5.74, 6) is 0.589. The molecule has 0 aromatic rings. The Balaban J connectivity index is 2.61. The fraction of sp³-hybridized carbons (Fsp3) is 1.00. The van der Waals surface area contributed by atoms with E-state index in [2.05, 4.69) is 20.8 Å². The Hall–Kier alpha value is -0.160. The summed E-state index contributed by atoms with van der Waals surface area (Å²) < 4.78 is 22.4. The standard InChI is InChI=1S/C15H30O4/c1-6-7-8-9-13-11(2)14(18-10-16-4)12(3)15(17-5)19-13/h11-15H,6-10H2,1-5H3/t11-,12-,13+,14+,15?/m1/s1. The molecule has 114 valence electrons. The van der Waals surface area contributed by atoms with Crippen LogP contribution in [0.3, 0.4) is 0 Å². The van der Waals surface area contributed by atoms with E-state index in [1.807, 2.05) is 0 Å². The minimum atomic E-state index is -0.176. The van der Waals surface area contributed by atoms with Crippen molar-refractivity contribution in [3.63, 3.8) is 0 Å². The van der Waals surface area contributed by atoms with Gasteiger partial charge in [-0.1, -0.05) is 40.0 Å². The zero-order chi connectivity index (χ0) is 14.3. The number of unbranched alkanes of at least 4 members (excludes halogenated alkanes) is 2. The summed E-state index contributed by atoms with van der Waals surface area (Å²) in [6, 6.07) is 0. The smallest absolute Gasteiger partial charge is 0.162 e. The van der Waals surface area contributed by atoms with Gasteiger partial charge in [-0.2, -0.15) is 0 Å². The van der Waals surface area contributed by atoms with E-state index in [1.165, 1.54) is 19.3 Å². The van der Waals surface area contributed by atoms with Gasteiger partial charge in [0, 0.05) is 26.1 Å². The van der Waals surface area contributed by atoms with Gasteiger partial charge in [-0.25, -0.2) is 0 Å². The fourth-order valence-electron chi connectivity index (χ4n) is 2.91. The number of methoxy groups -OCH3 is 2. The highest BCUT2D eigenvalue weighted by Gasteiger charge is 2.41. The van der Waals surface area contributed by atoms with E-state index in [9.17, 15) is 0 Å². The van der Waals surface area contributed by atoms with E-state index in [0.29, 0.717) is 12.7 Å². The van der Waals surface area contributed by atoms with Crippen molar-refractivity contribution in [3.05, 3.63) is 0 Å². The van der Waals surface area contributed by atoms with Crippen LogP contribution in [0.5, 0.6) is 0 Å². The van der Waals surface area contributed by atoms with Crippen LogP contribution in [0.1, 0.15) is 46.5 Å². The van der Waals surface area contributed by atoms with E-state index < -0.39 is 0 Å². The van der Waals surface area contributed by atoms with Gasteiger partial charge in [0.15, 0.2) is 6.29 Å². The predicted octanol–water partition coefficient (Wildman–Crippen LogP) is 3.20. The lowest BCUT2D eigenvalue weighted by atomic mass is 9.83. The van der Waals surface area contributed by atoms with E-state index in [4.69, 9.17) is 18.9 Å². The molecule has 0 aliphatic carbocycles. The molecule has 0 aromatic heterocycles. The average Bonchev–Trinajstić information content (AvgIpc) is 2.41. The lowest BCUT2D eigenvalue weighted by Gasteiger charge is -2.44. The molecule has 1 unspecified atom stereocenters. The van der Waals surface area contributed by atoms with E-state index >= 15 is 0 Å². The second-order valence-corrected chi connectivity index (χ2v) is 5.53. The molecule has 1 aliphatic rings. The Morgan fingerprint density at radius 2 is 1.79 bits per heavy atom. The zero-order valence-corrected chi connectivity index (χ0v) is 13.1. The van der Waals surface area contributed by atoms with Crippen LogP contribution < -0.4 is 0 Å². The molecule has 19 heavy (non-hydrogen) atoms. The maximum absolute atomic E-state index is 6.07. The molecule has 0 saturated carbocycles. The number of rotatable bonds is 8. The Morgan fingerprint density at radius 1 is 1.05 bits per heavy atom. The molecular weight excluding hydrogens is 244 g/mol. The van der Waals surface area contributed by atoms with Gasteiger partial charge in [0.2, 0.25) is 0 Å². The molecule has 1 heterocycles. The van der Waals surface area contributed by atoms with Crippen LogP contribution >= 0.6 is 0 Å². The molecule has 4 heteroatoms. The molecule has 0 bridgehead atoms. The molecule has 0 aromatic carbocycles. The third kappa shape index (κ3) is 4.71. The van der Waals surface area contributed by atoms with Crippen LogP contribution in [-0.4, -0.2) is 39.5 Å². The van der Waals surface area contributed by atoms with Crippen LogP contribution in [0.25, 0.3) is 0 Å². The summed E-state index contributed by atoms with van der Waals surface area (Å²) >= 11 is 0. The van der Waals surface area contributed by atoms with Gasteiger partial charge >= 0.3 is 0 Å². The van der Waals surface area contributed by atoms with Crippen LogP contribution in [-0.2, 0) is 18.9 Å². The van der Waals surface area contributed by atoms with Gasteiger partial charge < -0.3 is 18.9 Å². The maximum Gasteiger partial charge on any atom is 0.162 e. The summed E-state index contributed by atoms with van der Waals surface area (Å²) in [6.07, 6.45) is 4.93. The quantitative estimate of drug-likeness (QED) is 0.503. The van der Waals surface area contributed by atoms with Gasteiger partial charge in [0.25, 0.3) is 0 Å². The summed E-state index contributed by atoms with van der Waals surface area (Å²) in [6.45, 7) is 6.87. The fourth-order valence-corrected chi connectivity index (χ4v) is 2.91. The highest BCUT2D eigenvalue weighted by molar-refractivity contribution is 4.86. The van der Waals surface area contributed by atoms with Crippen molar-refractivity contribution >= 4 is 0 Å². The van der Waals surface area contributed by atoms with Gasteiger partial charge in [0.05, 0.1) is 12.2 Å². The second kappa shape index (κ2) is 8.90. The predicted molar refractivity (Wildman–Crippen MR) is 74.9 cm³/mol. The highest BCUT2D eigenvalue weighted by atomic mass is 16.7. The topological polar surface area (TPSA) is 36.9 Å². The highest BCUT2D eigenvalue weighted by Crippen LogP contribution is 2.34. The molecule has 0 spiro atoms. The SMILES string of the molecule is CCCCC[C@@H]1OC(OC)[C@H](C)[C@@H](OCOC)[C@@H]1C. The van der Waals surface area contributed by atoms with Crippen LogP contribution in [0.15, 0.2) is 0 Å². The van der Waals surface area contributed by atoms with Crippen LogP contribution in [0.4, 0.5) is 0 Å². The van der Waals surface area contributed by atoms with Crippen molar-refractivity contribution < 1.29 is 18.9 Å². The van der Waals surface area contributed by atoms with E-state index in [0.717, 1.165) is 6.42 Å². The molecule has 1 aliphatic heterocycles. The minimum Gasteiger partial charge on any atom is -0.359 e. The van der Waals surface area contributed by atoms with Gasteiger partial charge in [-0.3, -0.25) is 0 Å². The zero-order valence-electron chi connectivity index (χ0n) is 13.1. The Labute approximate surface area is 117 Å². The first-order valence-corrected chi connectivity index (χ1v) is 7.44. The molecule has 0 N–H and O–H groups in total. The molecule has 1 fully saturated rings. The normalized spacial score (nSPS) is 35.5. The number of hydrogen-bond donors (Lipinski definition) is 0. The molecule has 0 amide bonds. The van der Waals surface area contributed by atoms with Gasteiger partial charge in [0.1, 0.15) is 6.79 Å². The summed E-state index contributed by atoms with van der Waals surface area (Å²) in [5.41, 5.74) is 0. The monoisotopic (exact) mass is 274 g/mol. The van der Waals surface area contributed by atoms with E-state index in [-0.39, 0.29) is 24.4 Å². The van der Waals surface area contributed by atoms with E-state index in [1.54, 1.807) is 14.2 Å². The Kier molecular flexibility index (Phi) is 7.91. The first-order valence-electron chi connectivity index (χ1n) is 7.44. The van der Waals surface area contributed by atoms with Crippen molar-refractivity contribution in [2.75, 3.05) is 21.0 Å².